The summed E-state index contributed by atoms with van der Waals surface area (Å²) in [5.41, 5.74) is 3.76. The van der Waals surface area contributed by atoms with E-state index in [1.807, 2.05) is 25.1 Å². The fourth-order valence-electron chi connectivity index (χ4n) is 4.81. The van der Waals surface area contributed by atoms with E-state index in [1.54, 1.807) is 18.2 Å². The maximum Gasteiger partial charge on any atom is 0.153 e. The van der Waals surface area contributed by atoms with Gasteiger partial charge in [-0.25, -0.2) is 4.39 Å². The second kappa shape index (κ2) is 9.84. The largest absolute Gasteiger partial charge is 0.508 e. The Bertz CT molecular complexity index is 1380. The Morgan fingerprint density at radius 3 is 2.66 bits per heavy atom. The molecule has 1 saturated heterocycles. The number of hydrogen-bond donors (Lipinski definition) is 1. The van der Waals surface area contributed by atoms with Gasteiger partial charge in [0.1, 0.15) is 17.3 Å². The van der Waals surface area contributed by atoms with Crippen molar-refractivity contribution in [3.05, 3.63) is 94.6 Å². The molecule has 2 heterocycles. The molecule has 1 aliphatic heterocycles. The highest BCUT2D eigenvalue weighted by molar-refractivity contribution is 7.20. The second-order valence-corrected chi connectivity index (χ2v) is 10.6. The molecule has 0 saturated carbocycles. The van der Waals surface area contributed by atoms with Gasteiger partial charge in [-0.1, -0.05) is 31.7 Å². The molecule has 1 N–H and O–H groups in total. The lowest BCUT2D eigenvalue weighted by Gasteiger charge is -2.15. The Balaban J connectivity index is 1.41. The smallest absolute Gasteiger partial charge is 0.153 e. The van der Waals surface area contributed by atoms with Gasteiger partial charge in [-0.2, -0.15) is 0 Å². The number of likely N-dealkylation sites (tertiary alicyclic amines) is 1. The quantitative estimate of drug-likeness (QED) is 0.289. The van der Waals surface area contributed by atoms with E-state index in [0.717, 1.165) is 56.3 Å². The number of phenolic OH excluding ortho intramolecular Hbond substituents is 1. The van der Waals surface area contributed by atoms with Crippen LogP contribution in [0.15, 0.2) is 67.2 Å². The zero-order valence-electron chi connectivity index (χ0n) is 20.2. The molecule has 1 unspecified atom stereocenters. The van der Waals surface area contributed by atoms with Crippen LogP contribution in [0, 0.1) is 18.7 Å². The molecule has 0 radical (unpaired) electrons. The van der Waals surface area contributed by atoms with E-state index in [1.165, 1.54) is 48.5 Å². The van der Waals surface area contributed by atoms with Crippen LogP contribution in [0.25, 0.3) is 15.7 Å². The molecule has 4 aromatic rings. The lowest BCUT2D eigenvalue weighted by molar-refractivity contribution is 0.332. The number of ether oxygens (including phenoxy) is 1. The fourth-order valence-corrected chi connectivity index (χ4v) is 5.96. The first-order valence-electron chi connectivity index (χ1n) is 12.1. The topological polar surface area (TPSA) is 32.7 Å². The van der Waals surface area contributed by atoms with Crippen molar-refractivity contribution in [3.8, 4) is 17.2 Å². The number of halogens is 1. The van der Waals surface area contributed by atoms with E-state index in [0.29, 0.717) is 5.75 Å². The summed E-state index contributed by atoms with van der Waals surface area (Å²) in [7, 11) is 0. The number of benzene rings is 3. The first-order valence-corrected chi connectivity index (χ1v) is 12.9. The Morgan fingerprint density at radius 1 is 1.14 bits per heavy atom. The normalized spacial score (nSPS) is 16.1. The minimum Gasteiger partial charge on any atom is -0.508 e. The zero-order chi connectivity index (χ0) is 24.5. The van der Waals surface area contributed by atoms with Gasteiger partial charge in [0.2, 0.25) is 0 Å². The van der Waals surface area contributed by atoms with E-state index in [4.69, 9.17) is 4.74 Å². The molecule has 3 aromatic carbocycles. The summed E-state index contributed by atoms with van der Waals surface area (Å²) in [6.07, 6.45) is 2.32. The molecule has 0 amide bonds. The van der Waals surface area contributed by atoms with Gasteiger partial charge in [0.05, 0.1) is 4.88 Å². The number of nitrogens with zero attached hydrogens (tertiary/aromatic N) is 1. The number of hydrogen-bond acceptors (Lipinski definition) is 4. The third-order valence-corrected chi connectivity index (χ3v) is 7.98. The van der Waals surface area contributed by atoms with Crippen molar-refractivity contribution in [1.82, 2.24) is 4.90 Å². The molecule has 1 atom stereocenters. The van der Waals surface area contributed by atoms with Crippen LogP contribution in [0.4, 0.5) is 4.39 Å². The highest BCUT2D eigenvalue weighted by Crippen LogP contribution is 2.46. The summed E-state index contributed by atoms with van der Waals surface area (Å²) in [6.45, 7) is 12.0. The fraction of sp³-hybridized carbons (Fsp3) is 0.267. The van der Waals surface area contributed by atoms with Crippen LogP contribution in [0.3, 0.4) is 0 Å². The molecule has 5 heteroatoms. The van der Waals surface area contributed by atoms with Crippen molar-refractivity contribution in [2.75, 3.05) is 19.6 Å². The van der Waals surface area contributed by atoms with Gasteiger partial charge in [0.25, 0.3) is 0 Å². The summed E-state index contributed by atoms with van der Waals surface area (Å²) in [5.74, 6) is 2.20. The second-order valence-electron chi connectivity index (χ2n) is 9.57. The van der Waals surface area contributed by atoms with Crippen molar-refractivity contribution in [3.63, 3.8) is 0 Å². The van der Waals surface area contributed by atoms with Gasteiger partial charge in [-0.15, -0.1) is 11.3 Å². The molecular weight excluding hydrogens is 457 g/mol. The van der Waals surface area contributed by atoms with Crippen LogP contribution in [0.1, 0.15) is 34.9 Å². The van der Waals surface area contributed by atoms with Crippen molar-refractivity contribution in [2.45, 2.75) is 26.7 Å². The molecule has 3 nitrogen and oxygen atoms in total. The molecule has 0 aliphatic carbocycles. The highest BCUT2D eigenvalue weighted by atomic mass is 32.1. The molecule has 1 fully saturated rings. The van der Waals surface area contributed by atoms with Crippen molar-refractivity contribution in [2.24, 2.45) is 5.92 Å². The minimum absolute atomic E-state index is 0.206. The lowest BCUT2D eigenvalue weighted by Crippen LogP contribution is -2.22. The van der Waals surface area contributed by atoms with E-state index >= 15 is 0 Å². The summed E-state index contributed by atoms with van der Waals surface area (Å²) in [4.78, 5) is 3.41. The number of aromatic hydroxyl groups is 1. The van der Waals surface area contributed by atoms with E-state index in [-0.39, 0.29) is 11.6 Å². The number of thiophene rings is 1. The standard InChI is InChI=1S/C30H30FNO2S/c1-19-12-14-32(18-19)15-13-22-4-8-25(9-5-22)34-29-27-11-7-24(33)17-28(27)35-30(29)21(3)26-10-6-23(31)16-20(26)2/h4-11,16-17,19,33H,3,12-15,18H2,1-2H3. The Hall–Kier alpha value is -3.15. The van der Waals surface area contributed by atoms with Crippen LogP contribution in [-0.4, -0.2) is 29.6 Å². The molecule has 1 aliphatic rings. The molecule has 180 valence electrons. The molecule has 0 spiro atoms. The third-order valence-electron chi connectivity index (χ3n) is 6.78. The number of rotatable bonds is 7. The van der Waals surface area contributed by atoms with Crippen LogP contribution in [0.2, 0.25) is 0 Å². The van der Waals surface area contributed by atoms with Gasteiger partial charge in [-0.05, 0) is 97.0 Å². The van der Waals surface area contributed by atoms with Gasteiger partial charge in [0, 0.05) is 23.2 Å². The predicted molar refractivity (Wildman–Crippen MR) is 143 cm³/mol. The number of fused-ring (bicyclic) bond motifs is 1. The van der Waals surface area contributed by atoms with E-state index < -0.39 is 0 Å². The zero-order valence-corrected chi connectivity index (χ0v) is 21.0. The van der Waals surface area contributed by atoms with Crippen molar-refractivity contribution < 1.29 is 14.2 Å². The highest BCUT2D eigenvalue weighted by Gasteiger charge is 2.20. The van der Waals surface area contributed by atoms with Crippen LogP contribution < -0.4 is 4.74 Å². The third kappa shape index (κ3) is 5.12. The lowest BCUT2D eigenvalue weighted by atomic mass is 10.00. The molecule has 0 bridgehead atoms. The summed E-state index contributed by atoms with van der Waals surface area (Å²) in [5, 5.41) is 10.9. The maximum atomic E-state index is 13.7. The van der Waals surface area contributed by atoms with Gasteiger partial charge in [-0.3, -0.25) is 0 Å². The number of aryl methyl sites for hydroxylation is 1. The predicted octanol–water partition coefficient (Wildman–Crippen LogP) is 7.79. The first-order chi connectivity index (χ1) is 16.9. The Morgan fingerprint density at radius 2 is 1.94 bits per heavy atom. The van der Waals surface area contributed by atoms with Crippen LogP contribution in [-0.2, 0) is 6.42 Å². The Kier molecular flexibility index (Phi) is 6.63. The van der Waals surface area contributed by atoms with Crippen molar-refractivity contribution >= 4 is 27.0 Å². The molecule has 5 rings (SSSR count). The molecule has 1 aromatic heterocycles. The average Bonchev–Trinajstić information content (AvgIpc) is 3.41. The molecule has 35 heavy (non-hydrogen) atoms. The van der Waals surface area contributed by atoms with Gasteiger partial charge < -0.3 is 14.7 Å². The van der Waals surface area contributed by atoms with E-state index in [2.05, 4.69) is 30.5 Å². The summed E-state index contributed by atoms with van der Waals surface area (Å²) in [6, 6.07) is 18.3. The minimum atomic E-state index is -0.267. The SMILES string of the molecule is C=C(c1ccc(F)cc1C)c1sc2cc(O)ccc2c1Oc1ccc(CCN2CCC(C)C2)cc1. The van der Waals surface area contributed by atoms with Crippen molar-refractivity contribution in [1.29, 1.82) is 0 Å². The molecular formula is C30H30FNO2S. The maximum absolute atomic E-state index is 13.7. The summed E-state index contributed by atoms with van der Waals surface area (Å²) >= 11 is 1.51. The number of phenols is 1. The Labute approximate surface area is 210 Å². The van der Waals surface area contributed by atoms with Crippen LogP contribution in [0.5, 0.6) is 17.2 Å². The van der Waals surface area contributed by atoms with E-state index in [9.17, 15) is 9.50 Å². The van der Waals surface area contributed by atoms with Gasteiger partial charge >= 0.3 is 0 Å². The van der Waals surface area contributed by atoms with Gasteiger partial charge in [0.15, 0.2) is 5.75 Å². The summed E-state index contributed by atoms with van der Waals surface area (Å²) < 4.78 is 21.1. The first kappa shape index (κ1) is 23.6. The van der Waals surface area contributed by atoms with Crippen LogP contribution >= 0.6 is 11.3 Å². The monoisotopic (exact) mass is 487 g/mol. The average molecular weight is 488 g/mol.